The highest BCUT2D eigenvalue weighted by atomic mass is 16.2. The zero-order valence-corrected chi connectivity index (χ0v) is 16.7. The largest absolute Gasteiger partial charge is 0.342 e. The number of hydrogen-bond donors (Lipinski definition) is 0. The van der Waals surface area contributed by atoms with Gasteiger partial charge < -0.3 is 9.80 Å². The lowest BCUT2D eigenvalue weighted by atomic mass is 10.1. The molecule has 29 heavy (non-hydrogen) atoms. The lowest BCUT2D eigenvalue weighted by Gasteiger charge is -2.35. The molecule has 1 aromatic heterocycles. The fraction of sp³-hybridized carbons (Fsp3) is 0.435. The smallest absolute Gasteiger partial charge is 0.228 e. The summed E-state index contributed by atoms with van der Waals surface area (Å²) >= 11 is 0. The van der Waals surface area contributed by atoms with Gasteiger partial charge in [0.05, 0.1) is 11.6 Å². The first-order valence-electron chi connectivity index (χ1n) is 10.4. The van der Waals surface area contributed by atoms with Crippen LogP contribution in [-0.4, -0.2) is 70.8 Å². The van der Waals surface area contributed by atoms with Gasteiger partial charge in [-0.05, 0) is 24.1 Å². The van der Waals surface area contributed by atoms with Gasteiger partial charge in [0, 0.05) is 58.4 Å². The Hall–Kier alpha value is -2.73. The summed E-state index contributed by atoms with van der Waals surface area (Å²) in [6.07, 6.45) is 3.00. The molecular formula is C23H28N4O2. The van der Waals surface area contributed by atoms with Crippen molar-refractivity contribution in [3.63, 3.8) is 0 Å². The molecule has 2 aliphatic heterocycles. The van der Waals surface area contributed by atoms with Crippen molar-refractivity contribution in [2.24, 2.45) is 5.92 Å². The molecule has 152 valence electrons. The number of aromatic nitrogens is 1. The molecule has 2 saturated heterocycles. The van der Waals surface area contributed by atoms with Crippen molar-refractivity contribution in [3.8, 4) is 0 Å². The van der Waals surface area contributed by atoms with Crippen LogP contribution in [0.25, 0.3) is 0 Å². The molecule has 6 heteroatoms. The van der Waals surface area contributed by atoms with Gasteiger partial charge in [-0.3, -0.25) is 19.5 Å². The van der Waals surface area contributed by atoms with E-state index in [1.165, 1.54) is 5.56 Å². The number of piperazine rings is 1. The molecule has 0 N–H and O–H groups in total. The molecule has 0 aliphatic carbocycles. The van der Waals surface area contributed by atoms with Gasteiger partial charge in [0.15, 0.2) is 0 Å². The number of amides is 2. The maximum absolute atomic E-state index is 12.9. The van der Waals surface area contributed by atoms with Crippen LogP contribution in [0, 0.1) is 5.92 Å². The molecule has 6 nitrogen and oxygen atoms in total. The standard InChI is InChI=1S/C23H28N4O2/c28-22-16-20(17-27(22)11-9-19-6-2-1-3-7-19)23(29)26-14-12-25(13-15-26)18-21-8-4-5-10-24-21/h1-8,10,20H,9,11-18H2. The van der Waals surface area contributed by atoms with Gasteiger partial charge in [-0.15, -0.1) is 0 Å². The second-order valence-corrected chi connectivity index (χ2v) is 7.90. The van der Waals surface area contributed by atoms with Crippen LogP contribution in [-0.2, 0) is 22.6 Å². The topological polar surface area (TPSA) is 56.8 Å². The molecule has 2 aliphatic rings. The zero-order chi connectivity index (χ0) is 20.1. The molecule has 2 amide bonds. The van der Waals surface area contributed by atoms with Crippen molar-refractivity contribution >= 4 is 11.8 Å². The lowest BCUT2D eigenvalue weighted by molar-refractivity contribution is -0.137. The van der Waals surface area contributed by atoms with Gasteiger partial charge in [0.2, 0.25) is 11.8 Å². The fourth-order valence-electron chi connectivity index (χ4n) is 4.17. The highest BCUT2D eigenvalue weighted by Crippen LogP contribution is 2.21. The second kappa shape index (κ2) is 9.18. The van der Waals surface area contributed by atoms with E-state index in [2.05, 4.69) is 22.0 Å². The number of rotatable bonds is 6. The molecule has 3 heterocycles. The molecule has 1 aromatic carbocycles. The minimum Gasteiger partial charge on any atom is -0.342 e. The number of pyridine rings is 1. The molecular weight excluding hydrogens is 364 g/mol. The summed E-state index contributed by atoms with van der Waals surface area (Å²) in [6.45, 7) is 5.20. The van der Waals surface area contributed by atoms with E-state index in [0.29, 0.717) is 19.5 Å². The van der Waals surface area contributed by atoms with Crippen LogP contribution < -0.4 is 0 Å². The molecule has 0 spiro atoms. The van der Waals surface area contributed by atoms with Crippen LogP contribution in [0.15, 0.2) is 54.7 Å². The molecule has 0 saturated carbocycles. The molecule has 0 bridgehead atoms. The van der Waals surface area contributed by atoms with Crippen LogP contribution >= 0.6 is 0 Å². The fourth-order valence-corrected chi connectivity index (χ4v) is 4.17. The molecule has 2 aromatic rings. The summed E-state index contributed by atoms with van der Waals surface area (Å²) in [4.78, 5) is 35.8. The maximum atomic E-state index is 12.9. The predicted octanol–water partition coefficient (Wildman–Crippen LogP) is 1.82. The highest BCUT2D eigenvalue weighted by Gasteiger charge is 2.37. The number of benzene rings is 1. The Morgan fingerprint density at radius 1 is 1.00 bits per heavy atom. The summed E-state index contributed by atoms with van der Waals surface area (Å²) in [5.74, 6) is 0.0479. The number of carbonyl (C=O) groups is 2. The van der Waals surface area contributed by atoms with Gasteiger partial charge in [0.25, 0.3) is 0 Å². The van der Waals surface area contributed by atoms with Crippen LogP contribution in [0.2, 0.25) is 0 Å². The van der Waals surface area contributed by atoms with Crippen LogP contribution in [0.5, 0.6) is 0 Å². The van der Waals surface area contributed by atoms with Crippen LogP contribution in [0.4, 0.5) is 0 Å². The quantitative estimate of drug-likeness (QED) is 0.753. The van der Waals surface area contributed by atoms with E-state index in [0.717, 1.165) is 44.8 Å². The summed E-state index contributed by atoms with van der Waals surface area (Å²) in [7, 11) is 0. The van der Waals surface area contributed by atoms with Crippen molar-refractivity contribution in [3.05, 3.63) is 66.0 Å². The minimum absolute atomic E-state index is 0.105. The SMILES string of the molecule is O=C1CC(C(=O)N2CCN(Cc3ccccn3)CC2)CN1CCc1ccccc1. The van der Waals surface area contributed by atoms with E-state index in [1.54, 1.807) is 0 Å². The lowest BCUT2D eigenvalue weighted by Crippen LogP contribution is -2.50. The number of carbonyl (C=O) groups excluding carboxylic acids is 2. The Kier molecular flexibility index (Phi) is 6.20. The Morgan fingerprint density at radius 2 is 1.76 bits per heavy atom. The third kappa shape index (κ3) is 5.01. The summed E-state index contributed by atoms with van der Waals surface area (Å²) in [5, 5.41) is 0. The van der Waals surface area contributed by atoms with E-state index in [9.17, 15) is 9.59 Å². The average Bonchev–Trinajstić information content (AvgIpc) is 3.14. The van der Waals surface area contributed by atoms with Crippen molar-refractivity contribution in [2.45, 2.75) is 19.4 Å². The third-order valence-corrected chi connectivity index (χ3v) is 5.87. The number of hydrogen-bond acceptors (Lipinski definition) is 4. The summed E-state index contributed by atoms with van der Waals surface area (Å²) in [6, 6.07) is 16.1. The first kappa shape index (κ1) is 19.6. The van der Waals surface area contributed by atoms with Gasteiger partial charge in [0.1, 0.15) is 0 Å². The highest BCUT2D eigenvalue weighted by molar-refractivity contribution is 5.89. The Labute approximate surface area is 172 Å². The van der Waals surface area contributed by atoms with E-state index in [4.69, 9.17) is 0 Å². The Balaban J connectivity index is 1.24. The van der Waals surface area contributed by atoms with Gasteiger partial charge in [-0.1, -0.05) is 36.4 Å². The normalized spacial score (nSPS) is 20.3. The van der Waals surface area contributed by atoms with Crippen molar-refractivity contribution in [1.82, 2.24) is 19.7 Å². The zero-order valence-electron chi connectivity index (χ0n) is 16.7. The molecule has 4 rings (SSSR count). The molecule has 1 atom stereocenters. The summed E-state index contributed by atoms with van der Waals surface area (Å²) in [5.41, 5.74) is 2.28. The van der Waals surface area contributed by atoms with Gasteiger partial charge >= 0.3 is 0 Å². The predicted molar refractivity (Wildman–Crippen MR) is 111 cm³/mol. The van der Waals surface area contributed by atoms with Crippen molar-refractivity contribution in [1.29, 1.82) is 0 Å². The van der Waals surface area contributed by atoms with Crippen molar-refractivity contribution < 1.29 is 9.59 Å². The van der Waals surface area contributed by atoms with Crippen LogP contribution in [0.3, 0.4) is 0 Å². The summed E-state index contributed by atoms with van der Waals surface area (Å²) < 4.78 is 0. The Morgan fingerprint density at radius 3 is 2.48 bits per heavy atom. The van der Waals surface area contributed by atoms with Crippen molar-refractivity contribution in [2.75, 3.05) is 39.3 Å². The Bertz CT molecular complexity index is 819. The van der Waals surface area contributed by atoms with E-state index in [-0.39, 0.29) is 17.7 Å². The van der Waals surface area contributed by atoms with E-state index in [1.807, 2.05) is 52.4 Å². The van der Waals surface area contributed by atoms with Gasteiger partial charge in [-0.2, -0.15) is 0 Å². The first-order chi connectivity index (χ1) is 14.2. The first-order valence-corrected chi connectivity index (χ1v) is 10.4. The molecule has 0 radical (unpaired) electrons. The molecule has 2 fully saturated rings. The monoisotopic (exact) mass is 392 g/mol. The van der Waals surface area contributed by atoms with E-state index < -0.39 is 0 Å². The third-order valence-electron chi connectivity index (χ3n) is 5.87. The number of nitrogens with zero attached hydrogens (tertiary/aromatic N) is 4. The second-order valence-electron chi connectivity index (χ2n) is 7.90. The maximum Gasteiger partial charge on any atom is 0.228 e. The number of likely N-dealkylation sites (tertiary alicyclic amines) is 1. The van der Waals surface area contributed by atoms with Gasteiger partial charge in [-0.25, -0.2) is 0 Å². The van der Waals surface area contributed by atoms with E-state index >= 15 is 0 Å². The average molecular weight is 393 g/mol. The minimum atomic E-state index is -0.194. The molecule has 1 unspecified atom stereocenters. The van der Waals surface area contributed by atoms with Crippen LogP contribution in [0.1, 0.15) is 17.7 Å².